The smallest absolute Gasteiger partial charge is 0.240 e. The van der Waals surface area contributed by atoms with Crippen LogP contribution in [0.3, 0.4) is 0 Å². The van der Waals surface area contributed by atoms with Gasteiger partial charge >= 0.3 is 0 Å². The summed E-state index contributed by atoms with van der Waals surface area (Å²) in [6.45, 7) is 3.39. The molecule has 0 spiro atoms. The third kappa shape index (κ3) is 1.79. The van der Waals surface area contributed by atoms with Crippen LogP contribution in [0.15, 0.2) is 12.4 Å². The zero-order valence-corrected chi connectivity index (χ0v) is 11.1. The summed E-state index contributed by atoms with van der Waals surface area (Å²) >= 11 is 0. The Hall–Kier alpha value is -1.36. The van der Waals surface area contributed by atoms with Crippen molar-refractivity contribution in [2.75, 3.05) is 13.1 Å². The minimum absolute atomic E-state index is 0.0639. The van der Waals surface area contributed by atoms with Crippen molar-refractivity contribution in [1.29, 1.82) is 0 Å². The van der Waals surface area contributed by atoms with E-state index in [0.29, 0.717) is 18.4 Å². The molecule has 1 aromatic rings. The quantitative estimate of drug-likeness (QED) is 0.805. The minimum atomic E-state index is 0.0639. The van der Waals surface area contributed by atoms with Gasteiger partial charge in [0.05, 0.1) is 12.6 Å². The lowest BCUT2D eigenvalue weighted by Crippen LogP contribution is -2.48. The zero-order chi connectivity index (χ0) is 12.8. The van der Waals surface area contributed by atoms with Gasteiger partial charge in [-0.2, -0.15) is 0 Å². The molecule has 4 rings (SSSR count). The molecule has 1 aliphatic carbocycles. The van der Waals surface area contributed by atoms with Crippen molar-refractivity contribution in [1.82, 2.24) is 19.8 Å². The first-order chi connectivity index (χ1) is 9.33. The summed E-state index contributed by atoms with van der Waals surface area (Å²) in [6, 6.07) is 0.0639. The average Bonchev–Trinajstić information content (AvgIpc) is 3.12. The molecule has 19 heavy (non-hydrogen) atoms. The molecule has 5 heteroatoms. The monoisotopic (exact) mass is 260 g/mol. The fourth-order valence-electron chi connectivity index (χ4n) is 4.02. The predicted octanol–water partition coefficient (Wildman–Crippen LogP) is 0.613. The summed E-state index contributed by atoms with van der Waals surface area (Å²) in [7, 11) is 0. The highest BCUT2D eigenvalue weighted by atomic mass is 16.2. The van der Waals surface area contributed by atoms with Crippen LogP contribution < -0.4 is 5.32 Å². The molecule has 2 fully saturated rings. The largest absolute Gasteiger partial charge is 0.332 e. The molecule has 0 bridgehead atoms. The average molecular weight is 260 g/mol. The molecule has 5 nitrogen and oxygen atoms in total. The molecule has 2 aliphatic heterocycles. The maximum atomic E-state index is 12.7. The first kappa shape index (κ1) is 11.5. The molecule has 1 N–H and O–H groups in total. The normalized spacial score (nSPS) is 33.3. The van der Waals surface area contributed by atoms with Crippen molar-refractivity contribution in [3.05, 3.63) is 18.2 Å². The molecule has 102 valence electrons. The standard InChI is InChI=1S/C14H20N4O/c19-14(13-11-3-1-2-10(11)8-16-13)18-7-6-17-5-4-15-12(17)9-18/h4-5,10-11,13,16H,1-3,6-9H2. The molecule has 1 aromatic heterocycles. The van der Waals surface area contributed by atoms with E-state index >= 15 is 0 Å². The summed E-state index contributed by atoms with van der Waals surface area (Å²) in [5.74, 6) is 2.62. The van der Waals surface area contributed by atoms with Crippen LogP contribution in [-0.2, 0) is 17.9 Å². The Bertz CT molecular complexity index is 497. The van der Waals surface area contributed by atoms with Gasteiger partial charge in [-0.05, 0) is 31.2 Å². The fourth-order valence-corrected chi connectivity index (χ4v) is 4.02. The Balaban J connectivity index is 1.49. The van der Waals surface area contributed by atoms with Gasteiger partial charge in [-0.1, -0.05) is 6.42 Å². The Kier molecular flexibility index (Phi) is 2.62. The van der Waals surface area contributed by atoms with Crippen LogP contribution in [0.25, 0.3) is 0 Å². The van der Waals surface area contributed by atoms with Gasteiger partial charge in [-0.25, -0.2) is 4.98 Å². The number of carbonyl (C=O) groups is 1. The number of imidazole rings is 1. The third-order valence-electron chi connectivity index (χ3n) is 5.07. The predicted molar refractivity (Wildman–Crippen MR) is 70.3 cm³/mol. The Morgan fingerprint density at radius 3 is 3.26 bits per heavy atom. The molecule has 3 unspecified atom stereocenters. The van der Waals surface area contributed by atoms with E-state index < -0.39 is 0 Å². The molecule has 1 saturated heterocycles. The lowest BCUT2D eigenvalue weighted by atomic mass is 9.93. The molecule has 1 saturated carbocycles. The first-order valence-electron chi connectivity index (χ1n) is 7.35. The molecule has 1 amide bonds. The summed E-state index contributed by atoms with van der Waals surface area (Å²) in [4.78, 5) is 19.0. The van der Waals surface area contributed by atoms with Crippen LogP contribution in [0.1, 0.15) is 25.1 Å². The summed E-state index contributed by atoms with van der Waals surface area (Å²) in [5, 5.41) is 3.46. The highest BCUT2D eigenvalue weighted by Crippen LogP contribution is 2.38. The topological polar surface area (TPSA) is 50.2 Å². The fraction of sp³-hybridized carbons (Fsp3) is 0.714. The SMILES string of the molecule is O=C(C1NCC2CCCC21)N1CCn2ccnc2C1. The van der Waals surface area contributed by atoms with E-state index in [-0.39, 0.29) is 6.04 Å². The van der Waals surface area contributed by atoms with E-state index in [1.165, 1.54) is 19.3 Å². The first-order valence-corrected chi connectivity index (χ1v) is 7.35. The number of fused-ring (bicyclic) bond motifs is 2. The van der Waals surface area contributed by atoms with Gasteiger partial charge in [-0.15, -0.1) is 0 Å². The Morgan fingerprint density at radius 2 is 2.32 bits per heavy atom. The lowest BCUT2D eigenvalue weighted by molar-refractivity contribution is -0.135. The van der Waals surface area contributed by atoms with E-state index in [1.807, 2.05) is 17.3 Å². The van der Waals surface area contributed by atoms with Gasteiger partial charge in [0.2, 0.25) is 5.91 Å². The molecule has 3 heterocycles. The highest BCUT2D eigenvalue weighted by Gasteiger charge is 2.44. The molecule has 0 radical (unpaired) electrons. The Morgan fingerprint density at radius 1 is 1.37 bits per heavy atom. The van der Waals surface area contributed by atoms with Crippen molar-refractivity contribution in [3.8, 4) is 0 Å². The van der Waals surface area contributed by atoms with Gasteiger partial charge < -0.3 is 14.8 Å². The van der Waals surface area contributed by atoms with Crippen molar-refractivity contribution in [2.24, 2.45) is 11.8 Å². The van der Waals surface area contributed by atoms with Crippen LogP contribution in [0.5, 0.6) is 0 Å². The summed E-state index contributed by atoms with van der Waals surface area (Å²) < 4.78 is 2.14. The number of nitrogens with zero attached hydrogens (tertiary/aromatic N) is 3. The molecular formula is C14H20N4O. The van der Waals surface area contributed by atoms with E-state index in [4.69, 9.17) is 0 Å². The van der Waals surface area contributed by atoms with Crippen molar-refractivity contribution in [2.45, 2.75) is 38.4 Å². The maximum absolute atomic E-state index is 12.7. The Labute approximate surface area is 113 Å². The lowest BCUT2D eigenvalue weighted by Gasteiger charge is -2.31. The van der Waals surface area contributed by atoms with Crippen LogP contribution in [-0.4, -0.2) is 39.5 Å². The van der Waals surface area contributed by atoms with E-state index in [2.05, 4.69) is 14.9 Å². The van der Waals surface area contributed by atoms with Gasteiger partial charge in [-0.3, -0.25) is 4.79 Å². The third-order valence-corrected chi connectivity index (χ3v) is 5.07. The van der Waals surface area contributed by atoms with E-state index in [9.17, 15) is 4.79 Å². The number of hydrogen-bond donors (Lipinski definition) is 1. The van der Waals surface area contributed by atoms with Crippen molar-refractivity contribution in [3.63, 3.8) is 0 Å². The van der Waals surface area contributed by atoms with Gasteiger partial charge in [0, 0.05) is 25.5 Å². The van der Waals surface area contributed by atoms with Gasteiger partial charge in [0.15, 0.2) is 0 Å². The van der Waals surface area contributed by atoms with Crippen LogP contribution in [0.2, 0.25) is 0 Å². The molecular weight excluding hydrogens is 240 g/mol. The maximum Gasteiger partial charge on any atom is 0.240 e. The van der Waals surface area contributed by atoms with Crippen LogP contribution in [0.4, 0.5) is 0 Å². The number of aromatic nitrogens is 2. The molecule has 0 aromatic carbocycles. The number of nitrogens with one attached hydrogen (secondary N) is 1. The van der Waals surface area contributed by atoms with Crippen LogP contribution >= 0.6 is 0 Å². The summed E-state index contributed by atoms with van der Waals surface area (Å²) in [5.41, 5.74) is 0. The van der Waals surface area contributed by atoms with Gasteiger partial charge in [0.25, 0.3) is 0 Å². The zero-order valence-electron chi connectivity index (χ0n) is 11.1. The highest BCUT2D eigenvalue weighted by molar-refractivity contribution is 5.82. The second-order valence-corrected chi connectivity index (χ2v) is 6.04. The van der Waals surface area contributed by atoms with Crippen LogP contribution in [0, 0.1) is 11.8 Å². The van der Waals surface area contributed by atoms with E-state index in [0.717, 1.165) is 31.4 Å². The molecule has 3 aliphatic rings. The number of hydrogen-bond acceptors (Lipinski definition) is 3. The molecule has 3 atom stereocenters. The second kappa shape index (κ2) is 4.34. The number of carbonyl (C=O) groups excluding carboxylic acids is 1. The van der Waals surface area contributed by atoms with Crippen molar-refractivity contribution >= 4 is 5.91 Å². The second-order valence-electron chi connectivity index (χ2n) is 6.04. The minimum Gasteiger partial charge on any atom is -0.332 e. The van der Waals surface area contributed by atoms with Gasteiger partial charge in [0.1, 0.15) is 5.82 Å². The van der Waals surface area contributed by atoms with Crippen molar-refractivity contribution < 1.29 is 4.79 Å². The number of amides is 1. The number of rotatable bonds is 1. The summed E-state index contributed by atoms with van der Waals surface area (Å²) in [6.07, 6.45) is 7.63. The van der Waals surface area contributed by atoms with E-state index in [1.54, 1.807) is 0 Å².